The van der Waals surface area contributed by atoms with E-state index >= 15 is 0 Å². The SMILES string of the molecule is CC(=O)OCO/N=[N+](/[O-])N(C)CCCCC(=O)O. The van der Waals surface area contributed by atoms with Crippen LogP contribution in [0.4, 0.5) is 0 Å². The van der Waals surface area contributed by atoms with Crippen molar-refractivity contribution in [1.29, 1.82) is 0 Å². The van der Waals surface area contributed by atoms with Crippen LogP contribution in [0.5, 0.6) is 0 Å². The maximum absolute atomic E-state index is 11.2. The molecule has 0 heterocycles. The Balaban J connectivity index is 3.73. The molecule has 0 fully saturated rings. The molecular weight excluding hydrogens is 246 g/mol. The van der Waals surface area contributed by atoms with Crippen LogP contribution < -0.4 is 0 Å². The van der Waals surface area contributed by atoms with E-state index in [9.17, 15) is 14.8 Å². The third-order valence-corrected chi connectivity index (χ3v) is 1.86. The zero-order valence-electron chi connectivity index (χ0n) is 10.4. The topological polar surface area (TPSA) is 114 Å². The van der Waals surface area contributed by atoms with Crippen LogP contribution in [0, 0.1) is 5.21 Å². The highest BCUT2D eigenvalue weighted by atomic mass is 16.8. The molecule has 0 spiro atoms. The summed E-state index contributed by atoms with van der Waals surface area (Å²) in [5.74, 6) is -1.41. The summed E-state index contributed by atoms with van der Waals surface area (Å²) in [6.45, 7) is 1.12. The van der Waals surface area contributed by atoms with Crippen molar-refractivity contribution in [2.24, 2.45) is 5.28 Å². The Morgan fingerprint density at radius 2 is 2.11 bits per heavy atom. The molecule has 0 atom stereocenters. The van der Waals surface area contributed by atoms with Crippen LogP contribution in [0.1, 0.15) is 26.2 Å². The molecule has 0 saturated heterocycles. The Morgan fingerprint density at radius 1 is 1.44 bits per heavy atom. The lowest BCUT2D eigenvalue weighted by molar-refractivity contribution is -0.706. The summed E-state index contributed by atoms with van der Waals surface area (Å²) in [6.07, 6.45) is 1.08. The number of carboxylic acids is 1. The second kappa shape index (κ2) is 9.02. The van der Waals surface area contributed by atoms with E-state index < -0.39 is 18.7 Å². The van der Waals surface area contributed by atoms with Crippen molar-refractivity contribution in [1.82, 2.24) is 5.01 Å². The second-order valence-electron chi connectivity index (χ2n) is 3.45. The molecule has 0 aliphatic rings. The molecule has 0 aromatic carbocycles. The summed E-state index contributed by atoms with van der Waals surface area (Å²) in [4.78, 5) is 25.2. The van der Waals surface area contributed by atoms with Crippen molar-refractivity contribution in [2.75, 3.05) is 20.4 Å². The van der Waals surface area contributed by atoms with E-state index in [-0.39, 0.29) is 11.4 Å². The summed E-state index contributed by atoms with van der Waals surface area (Å²) in [7, 11) is 1.48. The fraction of sp³-hybridized carbons (Fsp3) is 0.778. The molecule has 0 aromatic rings. The quantitative estimate of drug-likeness (QED) is 0.161. The van der Waals surface area contributed by atoms with E-state index in [1.165, 1.54) is 19.0 Å². The molecule has 0 radical (unpaired) electrons. The highest BCUT2D eigenvalue weighted by Crippen LogP contribution is 1.98. The molecule has 18 heavy (non-hydrogen) atoms. The number of hydrogen-bond acceptors (Lipinski definition) is 6. The number of rotatable bonds is 9. The van der Waals surface area contributed by atoms with Gasteiger partial charge in [0.25, 0.3) is 6.79 Å². The smallest absolute Gasteiger partial charge is 0.305 e. The van der Waals surface area contributed by atoms with Crippen molar-refractivity contribution in [3.8, 4) is 0 Å². The zero-order chi connectivity index (χ0) is 14.0. The van der Waals surface area contributed by atoms with Gasteiger partial charge in [-0.05, 0) is 12.8 Å². The normalized spacial score (nSPS) is 10.9. The maximum Gasteiger partial charge on any atom is 0.305 e. The number of carboxylic acid groups (broad SMARTS) is 1. The standard InChI is InChI=1S/C9H17N3O6/c1-8(13)17-7-18-10-12(16)11(2)6-4-3-5-9(14)15/h3-7H2,1-2H3,(H,14,15)/b12-10+. The van der Waals surface area contributed by atoms with Crippen molar-refractivity contribution < 1.29 is 29.2 Å². The predicted molar refractivity (Wildman–Crippen MR) is 57.9 cm³/mol. The lowest BCUT2D eigenvalue weighted by atomic mass is 10.2. The van der Waals surface area contributed by atoms with Crippen LogP contribution in [-0.4, -0.2) is 47.4 Å². The largest absolute Gasteiger partial charge is 0.569 e. The van der Waals surface area contributed by atoms with E-state index in [0.717, 1.165) is 0 Å². The molecule has 0 aliphatic heterocycles. The van der Waals surface area contributed by atoms with Crippen LogP contribution in [0.15, 0.2) is 5.28 Å². The molecule has 104 valence electrons. The first-order valence-electron chi connectivity index (χ1n) is 5.30. The number of hydrazine groups is 1. The molecule has 0 amide bonds. The summed E-state index contributed by atoms with van der Waals surface area (Å²) < 4.78 is 4.39. The minimum absolute atomic E-state index is 0.0623. The van der Waals surface area contributed by atoms with E-state index in [0.29, 0.717) is 19.4 Å². The predicted octanol–water partition coefficient (Wildman–Crippen LogP) is 0.503. The number of unbranched alkanes of at least 4 members (excludes halogenated alkanes) is 1. The zero-order valence-corrected chi connectivity index (χ0v) is 10.4. The van der Waals surface area contributed by atoms with Crippen LogP contribution in [-0.2, 0) is 19.2 Å². The van der Waals surface area contributed by atoms with Gasteiger partial charge < -0.3 is 19.9 Å². The number of esters is 1. The van der Waals surface area contributed by atoms with Gasteiger partial charge in [0.2, 0.25) is 5.28 Å². The lowest BCUT2D eigenvalue weighted by Crippen LogP contribution is -2.27. The average molecular weight is 263 g/mol. The monoisotopic (exact) mass is 263 g/mol. The minimum Gasteiger partial charge on any atom is -0.569 e. The second-order valence-corrected chi connectivity index (χ2v) is 3.45. The molecular formula is C9H17N3O6. The van der Waals surface area contributed by atoms with Crippen LogP contribution in [0.3, 0.4) is 0 Å². The Bertz CT molecular complexity index is 307. The van der Waals surface area contributed by atoms with Gasteiger partial charge in [-0.1, -0.05) is 0 Å². The molecule has 0 aromatic heterocycles. The van der Waals surface area contributed by atoms with E-state index in [2.05, 4.69) is 14.9 Å². The molecule has 9 nitrogen and oxygen atoms in total. The van der Waals surface area contributed by atoms with Gasteiger partial charge in [0.15, 0.2) is 0 Å². The minimum atomic E-state index is -0.869. The van der Waals surface area contributed by atoms with Gasteiger partial charge >= 0.3 is 11.9 Å². The summed E-state index contributed by atoms with van der Waals surface area (Å²) in [5, 5.41) is 23.9. The van der Waals surface area contributed by atoms with Gasteiger partial charge in [-0.2, -0.15) is 0 Å². The number of carbonyl (C=O) groups excluding carboxylic acids is 1. The molecule has 0 saturated carbocycles. The summed E-state index contributed by atoms with van der Waals surface area (Å²) in [5.41, 5.74) is 0. The van der Waals surface area contributed by atoms with Crippen molar-refractivity contribution in [2.45, 2.75) is 26.2 Å². The number of aliphatic carboxylic acids is 1. The van der Waals surface area contributed by atoms with Crippen molar-refractivity contribution >= 4 is 11.9 Å². The Hall–Kier alpha value is -2.06. The Kier molecular flexibility index (Phi) is 7.99. The van der Waals surface area contributed by atoms with Crippen molar-refractivity contribution in [3.05, 3.63) is 5.21 Å². The highest BCUT2D eigenvalue weighted by molar-refractivity contribution is 5.66. The number of hydrogen-bond donors (Lipinski definition) is 1. The number of ether oxygens (including phenoxy) is 1. The molecule has 1 N–H and O–H groups in total. The molecule has 0 unspecified atom stereocenters. The van der Waals surface area contributed by atoms with Gasteiger partial charge in [-0.3, -0.25) is 9.59 Å². The molecule has 0 bridgehead atoms. The fourth-order valence-electron chi connectivity index (χ4n) is 0.947. The number of carbonyl (C=O) groups is 2. The van der Waals surface area contributed by atoms with Crippen LogP contribution in [0.2, 0.25) is 0 Å². The molecule has 0 aliphatic carbocycles. The summed E-state index contributed by atoms with van der Waals surface area (Å²) in [6, 6.07) is 0. The Labute approximate surface area is 104 Å². The first kappa shape index (κ1) is 15.9. The van der Waals surface area contributed by atoms with E-state index in [4.69, 9.17) is 5.11 Å². The first-order valence-corrected chi connectivity index (χ1v) is 5.30. The number of nitrogens with zero attached hydrogens (tertiary/aromatic N) is 3. The average Bonchev–Trinajstić information content (AvgIpc) is 2.29. The maximum atomic E-state index is 11.2. The Morgan fingerprint density at radius 3 is 2.67 bits per heavy atom. The van der Waals surface area contributed by atoms with Gasteiger partial charge in [-0.15, -0.1) is 5.01 Å². The molecule has 0 rings (SSSR count). The van der Waals surface area contributed by atoms with Crippen LogP contribution >= 0.6 is 0 Å². The first-order chi connectivity index (χ1) is 8.43. The highest BCUT2D eigenvalue weighted by Gasteiger charge is 2.07. The third-order valence-electron chi connectivity index (χ3n) is 1.86. The summed E-state index contributed by atoms with van der Waals surface area (Å²) >= 11 is 0. The fourth-order valence-corrected chi connectivity index (χ4v) is 0.947. The van der Waals surface area contributed by atoms with Gasteiger partial charge in [0, 0.05) is 13.3 Å². The van der Waals surface area contributed by atoms with Gasteiger partial charge in [0.1, 0.15) is 0 Å². The van der Waals surface area contributed by atoms with E-state index in [1.807, 2.05) is 0 Å². The third kappa shape index (κ3) is 9.19. The van der Waals surface area contributed by atoms with Gasteiger partial charge in [-0.25, -0.2) is 0 Å². The van der Waals surface area contributed by atoms with Crippen molar-refractivity contribution in [3.63, 3.8) is 0 Å². The van der Waals surface area contributed by atoms with Gasteiger partial charge in [0.05, 0.1) is 18.6 Å². The van der Waals surface area contributed by atoms with Crippen LogP contribution in [0.25, 0.3) is 0 Å². The molecule has 9 heteroatoms. The lowest BCUT2D eigenvalue weighted by Gasteiger charge is -2.12. The van der Waals surface area contributed by atoms with E-state index in [1.54, 1.807) is 0 Å².